The molecule has 0 spiro atoms. The number of aromatic nitrogens is 1. The van der Waals surface area contributed by atoms with Crippen LogP contribution in [0.3, 0.4) is 0 Å². The van der Waals surface area contributed by atoms with Crippen LogP contribution in [0.25, 0.3) is 10.9 Å². The fourth-order valence-corrected chi connectivity index (χ4v) is 3.91. The fourth-order valence-electron chi connectivity index (χ4n) is 2.43. The Hall–Kier alpha value is -2.19. The molecule has 0 bridgehead atoms. The van der Waals surface area contributed by atoms with Gasteiger partial charge in [-0.1, -0.05) is 13.8 Å². The van der Waals surface area contributed by atoms with E-state index in [-0.39, 0.29) is 10.5 Å². The number of hydrogen-bond donors (Lipinski definition) is 2. The average molecular weight is 337 g/mol. The van der Waals surface area contributed by atoms with Crippen LogP contribution in [0.15, 0.2) is 34.0 Å². The van der Waals surface area contributed by atoms with E-state index in [0.29, 0.717) is 24.0 Å². The molecule has 2 rings (SSSR count). The summed E-state index contributed by atoms with van der Waals surface area (Å²) >= 11 is 0. The molecule has 1 heterocycles. The van der Waals surface area contributed by atoms with E-state index in [9.17, 15) is 18.0 Å². The quantitative estimate of drug-likeness (QED) is 0.847. The first-order chi connectivity index (χ1) is 10.8. The topological polar surface area (TPSA) is 99.3 Å². The van der Waals surface area contributed by atoms with Crippen molar-refractivity contribution in [3.8, 4) is 0 Å². The zero-order valence-electron chi connectivity index (χ0n) is 13.2. The fraction of sp³-hybridized carbons (Fsp3) is 0.333. The summed E-state index contributed by atoms with van der Waals surface area (Å²) in [5.74, 6) is -0.446. The van der Waals surface area contributed by atoms with Crippen molar-refractivity contribution in [2.75, 3.05) is 20.1 Å². The summed E-state index contributed by atoms with van der Waals surface area (Å²) in [7, 11) is -2.19. The van der Waals surface area contributed by atoms with Crippen molar-refractivity contribution in [3.05, 3.63) is 40.2 Å². The minimum atomic E-state index is -3.64. The maximum atomic E-state index is 12.6. The van der Waals surface area contributed by atoms with Gasteiger partial charge in [-0.25, -0.2) is 8.42 Å². The molecular weight excluding hydrogens is 318 g/mol. The number of benzene rings is 1. The molecule has 7 nitrogen and oxygen atoms in total. The van der Waals surface area contributed by atoms with Crippen molar-refractivity contribution in [1.82, 2.24) is 14.6 Å². The summed E-state index contributed by atoms with van der Waals surface area (Å²) in [5.41, 5.74) is 0.132. The first kappa shape index (κ1) is 17.2. The van der Waals surface area contributed by atoms with Gasteiger partial charge in [0.25, 0.3) is 5.91 Å². The summed E-state index contributed by atoms with van der Waals surface area (Å²) in [6, 6.07) is 5.51. The summed E-state index contributed by atoms with van der Waals surface area (Å²) in [5, 5.41) is 2.84. The molecule has 2 aromatic rings. The van der Waals surface area contributed by atoms with E-state index in [0.717, 1.165) is 6.07 Å². The average Bonchev–Trinajstić information content (AvgIpc) is 2.53. The normalized spacial score (nSPS) is 11.8. The summed E-state index contributed by atoms with van der Waals surface area (Å²) in [6.45, 7) is 4.22. The van der Waals surface area contributed by atoms with Crippen molar-refractivity contribution in [2.45, 2.75) is 18.7 Å². The van der Waals surface area contributed by atoms with E-state index in [4.69, 9.17) is 0 Å². The van der Waals surface area contributed by atoms with E-state index >= 15 is 0 Å². The lowest BCUT2D eigenvalue weighted by Gasteiger charge is -2.18. The second-order valence-corrected chi connectivity index (χ2v) is 6.86. The van der Waals surface area contributed by atoms with Gasteiger partial charge in [0.15, 0.2) is 0 Å². The Balaban J connectivity index is 2.74. The van der Waals surface area contributed by atoms with Gasteiger partial charge in [0, 0.05) is 37.1 Å². The number of H-pyrrole nitrogens is 1. The molecule has 0 aliphatic rings. The largest absolute Gasteiger partial charge is 0.355 e. The zero-order chi connectivity index (χ0) is 17.2. The highest BCUT2D eigenvalue weighted by atomic mass is 32.2. The number of rotatable bonds is 5. The maximum Gasteiger partial charge on any atom is 0.251 e. The summed E-state index contributed by atoms with van der Waals surface area (Å²) in [4.78, 5) is 26.3. The molecule has 0 aliphatic carbocycles. The number of nitrogens with one attached hydrogen (secondary N) is 2. The molecular formula is C15H19N3O4S. The van der Waals surface area contributed by atoms with Gasteiger partial charge in [0.2, 0.25) is 15.6 Å². The van der Waals surface area contributed by atoms with Gasteiger partial charge in [0.05, 0.1) is 10.5 Å². The lowest BCUT2D eigenvalue weighted by Crippen LogP contribution is -2.30. The van der Waals surface area contributed by atoms with Crippen LogP contribution in [0.5, 0.6) is 0 Å². The molecule has 0 radical (unpaired) electrons. The standard InChI is InChI=1S/C15H19N3O4S/c1-4-18(5-2)23(21,22)10-6-7-13-11(8-10)12(15(20)16-3)9-14(19)17-13/h6-9H,4-5H2,1-3H3,(H,16,20)(H,17,19). The molecule has 1 amide bonds. The summed E-state index contributed by atoms with van der Waals surface area (Å²) in [6.07, 6.45) is 0. The molecule has 2 N–H and O–H groups in total. The van der Waals surface area contributed by atoms with Crippen molar-refractivity contribution in [2.24, 2.45) is 0 Å². The molecule has 0 atom stereocenters. The molecule has 0 saturated carbocycles. The van der Waals surface area contributed by atoms with Crippen molar-refractivity contribution >= 4 is 26.8 Å². The van der Waals surface area contributed by atoms with Gasteiger partial charge < -0.3 is 10.3 Å². The lowest BCUT2D eigenvalue weighted by molar-refractivity contribution is 0.0964. The van der Waals surface area contributed by atoms with E-state index in [1.165, 1.54) is 29.6 Å². The van der Waals surface area contributed by atoms with Crippen LogP contribution < -0.4 is 10.9 Å². The molecule has 1 aromatic carbocycles. The third-order valence-corrected chi connectivity index (χ3v) is 5.68. The van der Waals surface area contributed by atoms with Gasteiger partial charge in [-0.15, -0.1) is 0 Å². The highest BCUT2D eigenvalue weighted by molar-refractivity contribution is 7.89. The van der Waals surface area contributed by atoms with Gasteiger partial charge in [-0.3, -0.25) is 9.59 Å². The Labute approximate surface area is 134 Å². The number of carbonyl (C=O) groups is 1. The highest BCUT2D eigenvalue weighted by Crippen LogP contribution is 2.22. The monoisotopic (exact) mass is 337 g/mol. The summed E-state index contributed by atoms with van der Waals surface area (Å²) < 4.78 is 26.6. The molecule has 8 heteroatoms. The maximum absolute atomic E-state index is 12.6. The predicted molar refractivity (Wildman–Crippen MR) is 88.1 cm³/mol. The Morgan fingerprint density at radius 3 is 2.43 bits per heavy atom. The van der Waals surface area contributed by atoms with Crippen LogP contribution in [0.4, 0.5) is 0 Å². The Morgan fingerprint density at radius 1 is 1.22 bits per heavy atom. The number of sulfonamides is 1. The number of aromatic amines is 1. The van der Waals surface area contributed by atoms with Crippen molar-refractivity contribution in [3.63, 3.8) is 0 Å². The number of nitrogens with zero attached hydrogens (tertiary/aromatic N) is 1. The number of carbonyl (C=O) groups excluding carboxylic acids is 1. The molecule has 23 heavy (non-hydrogen) atoms. The number of hydrogen-bond acceptors (Lipinski definition) is 4. The molecule has 124 valence electrons. The third kappa shape index (κ3) is 3.13. The SMILES string of the molecule is CCN(CC)S(=O)(=O)c1ccc2[nH]c(=O)cc(C(=O)NC)c2c1. The highest BCUT2D eigenvalue weighted by Gasteiger charge is 2.22. The molecule has 0 unspecified atom stereocenters. The Kier molecular flexibility index (Phi) is 4.86. The molecule has 0 saturated heterocycles. The molecule has 1 aromatic heterocycles. The number of fused-ring (bicyclic) bond motifs is 1. The van der Waals surface area contributed by atoms with Gasteiger partial charge in [-0.05, 0) is 18.2 Å². The van der Waals surface area contributed by atoms with Crippen molar-refractivity contribution in [1.29, 1.82) is 0 Å². The van der Waals surface area contributed by atoms with Gasteiger partial charge >= 0.3 is 0 Å². The van der Waals surface area contributed by atoms with Gasteiger partial charge in [-0.2, -0.15) is 4.31 Å². The van der Waals surface area contributed by atoms with Crippen LogP contribution in [0.1, 0.15) is 24.2 Å². The second kappa shape index (κ2) is 6.51. The van der Waals surface area contributed by atoms with Crippen LogP contribution in [0, 0.1) is 0 Å². The smallest absolute Gasteiger partial charge is 0.251 e. The van der Waals surface area contributed by atoms with Crippen LogP contribution in [0.2, 0.25) is 0 Å². The van der Waals surface area contributed by atoms with Crippen LogP contribution in [-0.4, -0.2) is 43.8 Å². The van der Waals surface area contributed by atoms with Crippen LogP contribution >= 0.6 is 0 Å². The Bertz CT molecular complexity index is 899. The zero-order valence-corrected chi connectivity index (χ0v) is 14.0. The van der Waals surface area contributed by atoms with Gasteiger partial charge in [0.1, 0.15) is 0 Å². The number of pyridine rings is 1. The number of amides is 1. The lowest BCUT2D eigenvalue weighted by atomic mass is 10.1. The van der Waals surface area contributed by atoms with E-state index in [1.807, 2.05) is 0 Å². The first-order valence-electron chi connectivity index (χ1n) is 7.24. The minimum Gasteiger partial charge on any atom is -0.355 e. The van der Waals surface area contributed by atoms with E-state index < -0.39 is 21.5 Å². The van der Waals surface area contributed by atoms with E-state index in [1.54, 1.807) is 13.8 Å². The minimum absolute atomic E-state index is 0.0888. The molecule has 0 fully saturated rings. The third-order valence-electron chi connectivity index (χ3n) is 3.63. The molecule has 0 aliphatic heterocycles. The first-order valence-corrected chi connectivity index (χ1v) is 8.68. The van der Waals surface area contributed by atoms with Crippen LogP contribution in [-0.2, 0) is 10.0 Å². The van der Waals surface area contributed by atoms with E-state index in [2.05, 4.69) is 10.3 Å². The van der Waals surface area contributed by atoms with Crippen molar-refractivity contribution < 1.29 is 13.2 Å². The predicted octanol–water partition coefficient (Wildman–Crippen LogP) is 0.918. The second-order valence-electron chi connectivity index (χ2n) is 4.92. The Morgan fingerprint density at radius 2 is 1.87 bits per heavy atom.